The van der Waals surface area contributed by atoms with Gasteiger partial charge in [-0.25, -0.2) is 0 Å². The lowest BCUT2D eigenvalue weighted by Gasteiger charge is -2.37. The van der Waals surface area contributed by atoms with Gasteiger partial charge in [0.15, 0.2) is 5.78 Å². The molecular formula is C27H29ClN2O3. The summed E-state index contributed by atoms with van der Waals surface area (Å²) in [6.45, 7) is 6.41. The lowest BCUT2D eigenvalue weighted by Crippen LogP contribution is -2.49. The number of nitrogens with zero attached hydrogens (tertiary/aromatic N) is 2. The molecule has 1 saturated heterocycles. The second kappa shape index (κ2) is 10.8. The number of rotatable bonds is 8. The van der Waals surface area contributed by atoms with Crippen LogP contribution in [-0.2, 0) is 0 Å². The van der Waals surface area contributed by atoms with E-state index in [1.54, 1.807) is 36.4 Å². The maximum Gasteiger partial charge on any atom is 0.193 e. The molecule has 0 spiro atoms. The summed E-state index contributed by atoms with van der Waals surface area (Å²) in [4.78, 5) is 17.1. The molecule has 0 aromatic heterocycles. The number of ether oxygens (including phenoxy) is 1. The number of benzene rings is 3. The lowest BCUT2D eigenvalue weighted by molar-refractivity contribution is 0.0663. The number of anilines is 1. The van der Waals surface area contributed by atoms with Crippen LogP contribution in [-0.4, -0.2) is 61.2 Å². The van der Waals surface area contributed by atoms with Gasteiger partial charge in [0, 0.05) is 54.6 Å². The van der Waals surface area contributed by atoms with E-state index in [1.165, 1.54) is 11.3 Å². The predicted molar refractivity (Wildman–Crippen MR) is 133 cm³/mol. The number of aliphatic hydroxyl groups is 1. The Morgan fingerprint density at radius 1 is 0.970 bits per heavy atom. The fourth-order valence-corrected chi connectivity index (χ4v) is 4.26. The molecule has 1 aliphatic rings. The van der Waals surface area contributed by atoms with E-state index in [-0.39, 0.29) is 12.4 Å². The SMILES string of the molecule is Cc1ccc(Cl)cc1N1CCN(C[C@H](O)COc2ccc(C(=O)c3ccccc3)cc2)CC1. The second-order valence-electron chi connectivity index (χ2n) is 8.40. The normalized spacial score (nSPS) is 15.3. The average Bonchev–Trinajstić information content (AvgIpc) is 2.85. The summed E-state index contributed by atoms with van der Waals surface area (Å²) in [7, 11) is 0. The number of hydrogen-bond donors (Lipinski definition) is 1. The van der Waals surface area contributed by atoms with Gasteiger partial charge in [0.2, 0.25) is 0 Å². The third-order valence-electron chi connectivity index (χ3n) is 5.95. The first-order valence-electron chi connectivity index (χ1n) is 11.2. The number of piperazine rings is 1. The smallest absolute Gasteiger partial charge is 0.193 e. The van der Waals surface area contributed by atoms with Gasteiger partial charge in [-0.1, -0.05) is 48.0 Å². The van der Waals surface area contributed by atoms with E-state index in [9.17, 15) is 9.90 Å². The second-order valence-corrected chi connectivity index (χ2v) is 8.84. The monoisotopic (exact) mass is 464 g/mol. The van der Waals surface area contributed by atoms with Crippen LogP contribution in [0.25, 0.3) is 0 Å². The Balaban J connectivity index is 1.22. The predicted octanol–water partition coefficient (Wildman–Crippen LogP) is 4.44. The number of aliphatic hydroxyl groups excluding tert-OH is 1. The summed E-state index contributed by atoms with van der Waals surface area (Å²) in [5.74, 6) is 0.620. The van der Waals surface area contributed by atoms with Crippen LogP contribution in [0.3, 0.4) is 0 Å². The Morgan fingerprint density at radius 3 is 2.33 bits per heavy atom. The fraction of sp³-hybridized carbons (Fsp3) is 0.296. The number of halogens is 1. The molecule has 5 nitrogen and oxygen atoms in total. The molecule has 1 fully saturated rings. The Morgan fingerprint density at radius 2 is 1.64 bits per heavy atom. The van der Waals surface area contributed by atoms with Crippen LogP contribution in [0.5, 0.6) is 5.75 Å². The van der Waals surface area contributed by atoms with Crippen molar-refractivity contribution in [3.63, 3.8) is 0 Å². The van der Waals surface area contributed by atoms with Crippen molar-refractivity contribution in [1.82, 2.24) is 4.90 Å². The van der Waals surface area contributed by atoms with Crippen molar-refractivity contribution >= 4 is 23.1 Å². The van der Waals surface area contributed by atoms with Crippen LogP contribution in [0, 0.1) is 6.92 Å². The fourth-order valence-electron chi connectivity index (χ4n) is 4.10. The largest absolute Gasteiger partial charge is 0.491 e. The molecule has 172 valence electrons. The van der Waals surface area contributed by atoms with E-state index in [2.05, 4.69) is 22.8 Å². The first-order chi connectivity index (χ1) is 16.0. The van der Waals surface area contributed by atoms with Gasteiger partial charge in [-0.2, -0.15) is 0 Å². The van der Waals surface area contributed by atoms with Crippen LogP contribution in [0.4, 0.5) is 5.69 Å². The lowest BCUT2D eigenvalue weighted by atomic mass is 10.0. The first kappa shape index (κ1) is 23.3. The Bertz CT molecular complexity index is 1060. The van der Waals surface area contributed by atoms with Crippen molar-refractivity contribution in [3.05, 3.63) is 94.5 Å². The van der Waals surface area contributed by atoms with Crippen molar-refractivity contribution in [2.24, 2.45) is 0 Å². The number of hydrogen-bond acceptors (Lipinski definition) is 5. The number of carbonyl (C=O) groups excluding carboxylic acids is 1. The van der Waals surface area contributed by atoms with Crippen molar-refractivity contribution in [2.45, 2.75) is 13.0 Å². The zero-order valence-electron chi connectivity index (χ0n) is 18.8. The summed E-state index contributed by atoms with van der Waals surface area (Å²) >= 11 is 6.17. The standard InChI is InChI=1S/C27H29ClN2O3/c1-20-7-10-23(28)17-26(20)30-15-13-29(14-16-30)18-24(31)19-33-25-11-8-22(9-12-25)27(32)21-5-3-2-4-6-21/h2-12,17,24,31H,13-16,18-19H2,1H3/t24-/m0/s1. The third kappa shape index (κ3) is 6.14. The van der Waals surface area contributed by atoms with E-state index in [0.29, 0.717) is 23.4 Å². The van der Waals surface area contributed by atoms with Crippen LogP contribution in [0.1, 0.15) is 21.5 Å². The van der Waals surface area contributed by atoms with Crippen molar-refractivity contribution < 1.29 is 14.6 Å². The van der Waals surface area contributed by atoms with Crippen LogP contribution in [0.2, 0.25) is 5.02 Å². The maximum atomic E-state index is 12.5. The molecule has 4 rings (SSSR count). The van der Waals surface area contributed by atoms with Gasteiger partial charge in [-0.05, 0) is 48.9 Å². The van der Waals surface area contributed by atoms with Gasteiger partial charge < -0.3 is 14.7 Å². The zero-order valence-corrected chi connectivity index (χ0v) is 19.5. The molecule has 0 radical (unpaired) electrons. The highest BCUT2D eigenvalue weighted by atomic mass is 35.5. The zero-order chi connectivity index (χ0) is 23.2. The van der Waals surface area contributed by atoms with Crippen molar-refractivity contribution in [1.29, 1.82) is 0 Å². The molecule has 0 saturated carbocycles. The highest BCUT2D eigenvalue weighted by molar-refractivity contribution is 6.30. The molecular weight excluding hydrogens is 436 g/mol. The average molecular weight is 465 g/mol. The molecule has 0 bridgehead atoms. The molecule has 0 unspecified atom stereocenters. The van der Waals surface area contributed by atoms with Gasteiger partial charge in [0.05, 0.1) is 0 Å². The van der Waals surface area contributed by atoms with Crippen LogP contribution >= 0.6 is 11.6 Å². The highest BCUT2D eigenvalue weighted by Gasteiger charge is 2.21. The third-order valence-corrected chi connectivity index (χ3v) is 6.18. The highest BCUT2D eigenvalue weighted by Crippen LogP contribution is 2.25. The van der Waals surface area contributed by atoms with Gasteiger partial charge >= 0.3 is 0 Å². The molecule has 3 aromatic carbocycles. The Hall–Kier alpha value is -2.86. The van der Waals surface area contributed by atoms with E-state index < -0.39 is 6.10 Å². The number of aryl methyl sites for hydroxylation is 1. The molecule has 1 heterocycles. The van der Waals surface area contributed by atoms with Gasteiger partial charge in [-0.15, -0.1) is 0 Å². The van der Waals surface area contributed by atoms with Gasteiger partial charge in [0.25, 0.3) is 0 Å². The van der Waals surface area contributed by atoms with Crippen molar-refractivity contribution in [3.8, 4) is 5.75 Å². The van der Waals surface area contributed by atoms with E-state index in [0.717, 1.165) is 31.2 Å². The molecule has 33 heavy (non-hydrogen) atoms. The van der Waals surface area contributed by atoms with E-state index in [4.69, 9.17) is 16.3 Å². The minimum Gasteiger partial charge on any atom is -0.491 e. The molecule has 1 aliphatic heterocycles. The topological polar surface area (TPSA) is 53.0 Å². The molecule has 1 atom stereocenters. The summed E-state index contributed by atoms with van der Waals surface area (Å²) in [6.07, 6.45) is -0.588. The summed E-state index contributed by atoms with van der Waals surface area (Å²) in [5.41, 5.74) is 3.67. The van der Waals surface area contributed by atoms with Gasteiger partial charge in [0.1, 0.15) is 18.5 Å². The quantitative estimate of drug-likeness (QED) is 0.499. The van der Waals surface area contributed by atoms with E-state index in [1.807, 2.05) is 30.3 Å². The molecule has 0 amide bonds. The summed E-state index contributed by atoms with van der Waals surface area (Å²) in [5, 5.41) is 11.2. The van der Waals surface area contributed by atoms with Crippen LogP contribution < -0.4 is 9.64 Å². The molecule has 0 aliphatic carbocycles. The Labute approximate surface area is 200 Å². The molecule has 6 heteroatoms. The summed E-state index contributed by atoms with van der Waals surface area (Å²) in [6, 6.07) is 22.3. The molecule has 1 N–H and O–H groups in total. The first-order valence-corrected chi connectivity index (χ1v) is 11.6. The van der Waals surface area contributed by atoms with E-state index >= 15 is 0 Å². The Kier molecular flexibility index (Phi) is 7.65. The number of ketones is 1. The minimum absolute atomic E-state index is 0.0192. The maximum absolute atomic E-state index is 12.5. The molecule has 3 aromatic rings. The van der Waals surface area contributed by atoms with Crippen molar-refractivity contribution in [2.75, 3.05) is 44.2 Å². The van der Waals surface area contributed by atoms with Gasteiger partial charge in [-0.3, -0.25) is 9.69 Å². The van der Waals surface area contributed by atoms with Crippen LogP contribution in [0.15, 0.2) is 72.8 Å². The minimum atomic E-state index is -0.588. The number of β-amino-alcohol motifs (C(OH)–C–C–N with tert-alkyl or cyclic N) is 1. The number of carbonyl (C=O) groups is 1. The summed E-state index contributed by atoms with van der Waals surface area (Å²) < 4.78 is 5.76.